The lowest BCUT2D eigenvalue weighted by Crippen LogP contribution is -2.02. The fraction of sp³-hybridized carbons (Fsp3) is 0. The van der Waals surface area contributed by atoms with Gasteiger partial charge in [-0.3, -0.25) is 0 Å². The Morgan fingerprint density at radius 3 is 1.44 bits per heavy atom. The molecule has 298 valence electrons. The first kappa shape index (κ1) is 36.0. The van der Waals surface area contributed by atoms with Crippen LogP contribution < -0.4 is 0 Å². The highest BCUT2D eigenvalue weighted by molar-refractivity contribution is 6.15. The standard InChI is InChI=1S/C59H37N5/c1-2-17-47(18-3-1)63-52-22-10-9-20-49(52)51-21-12-24-54(56(51)63)64-53-23-11-8-19-48(53)50-34-33-46(37-55(50)64)59-61-57(60-58(62-59)45-32-28-39-14-5-7-16-43(39)36-45)41-29-25-40(26-30-41)44-31-27-38-13-4-6-15-42(38)35-44/h1-37H. The highest BCUT2D eigenvalue weighted by atomic mass is 15.1. The molecule has 0 unspecified atom stereocenters. The molecule has 0 spiro atoms. The molecular formula is C59H37N5. The number of benzene rings is 10. The Kier molecular flexibility index (Phi) is 8.15. The molecule has 0 radical (unpaired) electrons. The quantitative estimate of drug-likeness (QED) is 0.168. The molecule has 0 fully saturated rings. The summed E-state index contributed by atoms with van der Waals surface area (Å²) in [5.41, 5.74) is 11.8. The molecule has 5 nitrogen and oxygen atoms in total. The van der Waals surface area contributed by atoms with E-state index in [1.807, 2.05) is 0 Å². The molecule has 13 rings (SSSR count). The van der Waals surface area contributed by atoms with E-state index in [2.05, 4.69) is 234 Å². The van der Waals surface area contributed by atoms with Gasteiger partial charge in [0.25, 0.3) is 0 Å². The summed E-state index contributed by atoms with van der Waals surface area (Å²) in [6.07, 6.45) is 0. The van der Waals surface area contributed by atoms with Crippen molar-refractivity contribution >= 4 is 65.2 Å². The number of nitrogens with zero attached hydrogens (tertiary/aromatic N) is 5. The second kappa shape index (κ2) is 14.5. The smallest absolute Gasteiger partial charge is 0.164 e. The van der Waals surface area contributed by atoms with Crippen LogP contribution in [0.5, 0.6) is 0 Å². The highest BCUT2D eigenvalue weighted by Crippen LogP contribution is 2.41. The number of hydrogen-bond acceptors (Lipinski definition) is 3. The minimum absolute atomic E-state index is 0.613. The van der Waals surface area contributed by atoms with Gasteiger partial charge >= 0.3 is 0 Å². The molecule has 3 heterocycles. The van der Waals surface area contributed by atoms with Crippen molar-refractivity contribution in [2.75, 3.05) is 0 Å². The number of aromatic nitrogens is 5. The molecule has 0 saturated heterocycles. The summed E-state index contributed by atoms with van der Waals surface area (Å²) in [5.74, 6) is 1.86. The van der Waals surface area contributed by atoms with Crippen LogP contribution in [0.25, 0.3) is 122 Å². The lowest BCUT2D eigenvalue weighted by Gasteiger charge is -2.14. The minimum Gasteiger partial charge on any atom is -0.307 e. The van der Waals surface area contributed by atoms with Crippen LogP contribution in [0.1, 0.15) is 0 Å². The molecule has 5 heteroatoms. The third-order valence-electron chi connectivity index (χ3n) is 12.7. The number of rotatable bonds is 6. The Bertz CT molecular complexity index is 3950. The maximum Gasteiger partial charge on any atom is 0.164 e. The Balaban J connectivity index is 1.02. The summed E-state index contributed by atoms with van der Waals surface area (Å²) < 4.78 is 4.83. The van der Waals surface area contributed by atoms with E-state index in [0.717, 1.165) is 61.0 Å². The summed E-state index contributed by atoms with van der Waals surface area (Å²) in [6, 6.07) is 79.9. The third-order valence-corrected chi connectivity index (χ3v) is 12.7. The van der Waals surface area contributed by atoms with Crippen LogP contribution in [-0.4, -0.2) is 24.1 Å². The maximum absolute atomic E-state index is 5.27. The summed E-state index contributed by atoms with van der Waals surface area (Å²) in [5, 5.41) is 9.52. The Labute approximate surface area is 368 Å². The van der Waals surface area contributed by atoms with E-state index in [0.29, 0.717) is 17.5 Å². The molecule has 0 bridgehead atoms. The Hall–Kier alpha value is -8.67. The molecule has 0 aliphatic heterocycles. The van der Waals surface area contributed by atoms with Crippen LogP contribution in [0.4, 0.5) is 0 Å². The fourth-order valence-electron chi connectivity index (χ4n) is 9.67. The number of fused-ring (bicyclic) bond motifs is 8. The molecule has 0 saturated carbocycles. The van der Waals surface area contributed by atoms with Crippen LogP contribution in [-0.2, 0) is 0 Å². The zero-order valence-electron chi connectivity index (χ0n) is 34.6. The summed E-state index contributed by atoms with van der Waals surface area (Å²) in [6.45, 7) is 0. The number of hydrogen-bond donors (Lipinski definition) is 0. The van der Waals surface area contributed by atoms with E-state index in [1.54, 1.807) is 0 Å². The van der Waals surface area contributed by atoms with Gasteiger partial charge < -0.3 is 9.13 Å². The molecule has 3 aromatic heterocycles. The van der Waals surface area contributed by atoms with Crippen molar-refractivity contribution in [3.8, 4) is 56.7 Å². The first-order valence-electron chi connectivity index (χ1n) is 21.7. The van der Waals surface area contributed by atoms with Crippen molar-refractivity contribution in [2.45, 2.75) is 0 Å². The van der Waals surface area contributed by atoms with E-state index >= 15 is 0 Å². The monoisotopic (exact) mass is 815 g/mol. The van der Waals surface area contributed by atoms with Crippen LogP contribution in [0.2, 0.25) is 0 Å². The van der Waals surface area contributed by atoms with Gasteiger partial charge in [-0.25, -0.2) is 15.0 Å². The Morgan fingerprint density at radius 2 is 0.734 bits per heavy atom. The van der Waals surface area contributed by atoms with Gasteiger partial charge in [-0.2, -0.15) is 0 Å². The van der Waals surface area contributed by atoms with Crippen molar-refractivity contribution in [3.05, 3.63) is 224 Å². The molecule has 0 aliphatic carbocycles. The maximum atomic E-state index is 5.27. The molecule has 0 N–H and O–H groups in total. The molecule has 0 amide bonds. The van der Waals surface area contributed by atoms with Gasteiger partial charge in [-0.05, 0) is 81.2 Å². The molecular weight excluding hydrogens is 779 g/mol. The van der Waals surface area contributed by atoms with Crippen LogP contribution in [0.3, 0.4) is 0 Å². The van der Waals surface area contributed by atoms with Gasteiger partial charge in [0.2, 0.25) is 0 Å². The third kappa shape index (κ3) is 5.83. The van der Waals surface area contributed by atoms with Gasteiger partial charge in [0.1, 0.15) is 0 Å². The second-order valence-electron chi connectivity index (χ2n) is 16.5. The van der Waals surface area contributed by atoms with Crippen molar-refractivity contribution in [2.24, 2.45) is 0 Å². The zero-order valence-corrected chi connectivity index (χ0v) is 34.6. The van der Waals surface area contributed by atoms with Crippen LogP contribution >= 0.6 is 0 Å². The van der Waals surface area contributed by atoms with Gasteiger partial charge in [0.15, 0.2) is 17.5 Å². The second-order valence-corrected chi connectivity index (χ2v) is 16.5. The average Bonchev–Trinajstić information content (AvgIpc) is 3.89. The topological polar surface area (TPSA) is 48.5 Å². The SMILES string of the molecule is c1ccc(-n2c3ccccc3c3cccc(-n4c5ccccc5c5ccc(-c6nc(-c7ccc(-c8ccc9ccccc9c8)cc7)nc(-c7ccc8ccccc8c7)n6)cc54)c32)cc1. The molecule has 0 aliphatic rings. The molecule has 0 atom stereocenters. The summed E-state index contributed by atoms with van der Waals surface area (Å²) >= 11 is 0. The lowest BCUT2D eigenvalue weighted by atomic mass is 10.00. The number of para-hydroxylation sites is 4. The van der Waals surface area contributed by atoms with E-state index in [9.17, 15) is 0 Å². The van der Waals surface area contributed by atoms with Crippen molar-refractivity contribution in [1.82, 2.24) is 24.1 Å². The highest BCUT2D eigenvalue weighted by Gasteiger charge is 2.21. The largest absolute Gasteiger partial charge is 0.307 e. The van der Waals surface area contributed by atoms with Crippen molar-refractivity contribution in [3.63, 3.8) is 0 Å². The Morgan fingerprint density at radius 1 is 0.266 bits per heavy atom. The van der Waals surface area contributed by atoms with Gasteiger partial charge in [0.05, 0.1) is 27.8 Å². The van der Waals surface area contributed by atoms with Crippen molar-refractivity contribution in [1.29, 1.82) is 0 Å². The normalized spacial score (nSPS) is 11.8. The van der Waals surface area contributed by atoms with Gasteiger partial charge in [-0.15, -0.1) is 0 Å². The van der Waals surface area contributed by atoms with E-state index in [1.165, 1.54) is 43.4 Å². The predicted octanol–water partition coefficient (Wildman–Crippen LogP) is 15.0. The first-order valence-corrected chi connectivity index (χ1v) is 21.7. The molecule has 13 aromatic rings. The van der Waals surface area contributed by atoms with E-state index in [-0.39, 0.29) is 0 Å². The molecule has 64 heavy (non-hydrogen) atoms. The van der Waals surface area contributed by atoms with Crippen LogP contribution in [0, 0.1) is 0 Å². The summed E-state index contributed by atoms with van der Waals surface area (Å²) in [7, 11) is 0. The lowest BCUT2D eigenvalue weighted by molar-refractivity contribution is 1.07. The van der Waals surface area contributed by atoms with Gasteiger partial charge in [0, 0.05) is 43.9 Å². The average molecular weight is 816 g/mol. The van der Waals surface area contributed by atoms with E-state index in [4.69, 9.17) is 15.0 Å². The predicted molar refractivity (Wildman–Crippen MR) is 265 cm³/mol. The van der Waals surface area contributed by atoms with E-state index < -0.39 is 0 Å². The molecule has 10 aromatic carbocycles. The van der Waals surface area contributed by atoms with Gasteiger partial charge in [-0.1, -0.05) is 176 Å². The van der Waals surface area contributed by atoms with Crippen LogP contribution in [0.15, 0.2) is 224 Å². The minimum atomic E-state index is 0.613. The fourth-order valence-corrected chi connectivity index (χ4v) is 9.67. The van der Waals surface area contributed by atoms with Crippen molar-refractivity contribution < 1.29 is 0 Å². The zero-order chi connectivity index (χ0) is 42.1. The first-order chi connectivity index (χ1) is 31.7. The summed E-state index contributed by atoms with van der Waals surface area (Å²) in [4.78, 5) is 15.7.